The van der Waals surface area contributed by atoms with Crippen molar-refractivity contribution in [1.29, 1.82) is 0 Å². The molecule has 2 fully saturated rings. The Morgan fingerprint density at radius 3 is 2.62 bits per heavy atom. The van der Waals surface area contributed by atoms with Gasteiger partial charge in [-0.2, -0.15) is 5.10 Å². The van der Waals surface area contributed by atoms with Gasteiger partial charge in [-0.05, 0) is 68.2 Å². The maximum Gasteiger partial charge on any atom is 0.224 e. The summed E-state index contributed by atoms with van der Waals surface area (Å²) in [6, 6.07) is 7.72. The minimum absolute atomic E-state index is 0.202. The number of carbonyl (C=O) groups excluding carboxylic acids is 1. The number of benzene rings is 1. The molecule has 2 aromatic rings. The molecule has 2 heterocycles. The van der Waals surface area contributed by atoms with E-state index in [2.05, 4.69) is 15.1 Å². The predicted molar refractivity (Wildman–Crippen MR) is 128 cm³/mol. The van der Waals surface area contributed by atoms with Gasteiger partial charge in [-0.1, -0.05) is 19.3 Å². The summed E-state index contributed by atoms with van der Waals surface area (Å²) in [5.41, 5.74) is 0.943. The molecule has 1 aliphatic heterocycles. The summed E-state index contributed by atoms with van der Waals surface area (Å²) < 4.78 is 7.70. The van der Waals surface area contributed by atoms with Crippen molar-refractivity contribution in [1.82, 2.24) is 24.6 Å². The lowest BCUT2D eigenvalue weighted by molar-refractivity contribution is -0.131. The van der Waals surface area contributed by atoms with Crippen molar-refractivity contribution in [3.05, 3.63) is 29.0 Å². The Morgan fingerprint density at radius 1 is 1.09 bits per heavy atom. The summed E-state index contributed by atoms with van der Waals surface area (Å²) in [7, 11) is 1.65. The molecular formula is C24H35N5O2S. The van der Waals surface area contributed by atoms with Crippen molar-refractivity contribution < 1.29 is 9.53 Å². The molecule has 1 amide bonds. The van der Waals surface area contributed by atoms with E-state index in [1.54, 1.807) is 7.11 Å². The van der Waals surface area contributed by atoms with Crippen LogP contribution < -0.4 is 4.74 Å². The number of H-pyrrole nitrogens is 1. The number of nitrogens with one attached hydrogen (secondary N) is 1. The summed E-state index contributed by atoms with van der Waals surface area (Å²) in [4.78, 5) is 17.6. The molecule has 0 unspecified atom stereocenters. The highest BCUT2D eigenvalue weighted by atomic mass is 32.1. The molecule has 4 rings (SSSR count). The number of hydrogen-bond acceptors (Lipinski definition) is 5. The number of aromatic nitrogens is 3. The summed E-state index contributed by atoms with van der Waals surface area (Å²) in [6.07, 6.45) is 8.41. The van der Waals surface area contributed by atoms with Gasteiger partial charge in [-0.25, -0.2) is 0 Å². The first-order chi connectivity index (χ1) is 15.6. The number of methoxy groups -OCH3 is 1. The van der Waals surface area contributed by atoms with Crippen molar-refractivity contribution in [2.24, 2.45) is 5.92 Å². The normalized spacial score (nSPS) is 18.5. The first-order valence-electron chi connectivity index (χ1n) is 11.9. The maximum atomic E-state index is 13.0. The van der Waals surface area contributed by atoms with Gasteiger partial charge in [-0.3, -0.25) is 14.5 Å². The smallest absolute Gasteiger partial charge is 0.224 e. The summed E-state index contributed by atoms with van der Waals surface area (Å²) in [5.74, 6) is 2.60. The van der Waals surface area contributed by atoms with Gasteiger partial charge < -0.3 is 14.5 Å². The topological polar surface area (TPSA) is 66.4 Å². The number of amides is 1. The van der Waals surface area contributed by atoms with Gasteiger partial charge in [0.25, 0.3) is 0 Å². The number of carbonyl (C=O) groups is 1. The Labute approximate surface area is 195 Å². The Morgan fingerprint density at radius 2 is 1.88 bits per heavy atom. The lowest BCUT2D eigenvalue weighted by atomic mass is 9.89. The molecule has 0 bridgehead atoms. The largest absolute Gasteiger partial charge is 0.497 e. The van der Waals surface area contributed by atoms with Crippen LogP contribution in [0.1, 0.15) is 44.9 Å². The van der Waals surface area contributed by atoms with Crippen molar-refractivity contribution in [2.45, 2.75) is 51.5 Å². The van der Waals surface area contributed by atoms with Crippen LogP contribution >= 0.6 is 12.2 Å². The fraction of sp³-hybridized carbons (Fsp3) is 0.625. The van der Waals surface area contributed by atoms with Crippen molar-refractivity contribution in [3.63, 3.8) is 0 Å². The molecule has 1 aromatic carbocycles. The highest BCUT2D eigenvalue weighted by molar-refractivity contribution is 7.71. The van der Waals surface area contributed by atoms with Crippen LogP contribution in [0.2, 0.25) is 0 Å². The fourth-order valence-corrected chi connectivity index (χ4v) is 5.21. The van der Waals surface area contributed by atoms with Crippen molar-refractivity contribution in [3.8, 4) is 17.1 Å². The van der Waals surface area contributed by atoms with Crippen LogP contribution in [0.25, 0.3) is 11.4 Å². The lowest BCUT2D eigenvalue weighted by Crippen LogP contribution is -2.37. The minimum Gasteiger partial charge on any atom is -0.497 e. The fourth-order valence-electron chi connectivity index (χ4n) is 4.99. The van der Waals surface area contributed by atoms with E-state index in [9.17, 15) is 4.79 Å². The molecule has 0 radical (unpaired) electrons. The van der Waals surface area contributed by atoms with Gasteiger partial charge in [0.15, 0.2) is 10.6 Å². The second-order valence-corrected chi connectivity index (χ2v) is 9.41. The zero-order valence-corrected chi connectivity index (χ0v) is 19.9. The molecule has 32 heavy (non-hydrogen) atoms. The standard InChI is InChI=1S/C24H35N5O2S/c1-31-21-10-8-20(9-11-21)23-25-26-24(32)29(23)15-12-22(30)28-14-5-13-27(16-17-28)18-19-6-3-2-4-7-19/h8-11,19H,2-7,12-18H2,1H3,(H,26,32). The van der Waals surface area contributed by atoms with E-state index in [4.69, 9.17) is 17.0 Å². The average Bonchev–Trinajstić information content (AvgIpc) is 3.03. The highest BCUT2D eigenvalue weighted by Gasteiger charge is 2.22. The molecule has 2 aliphatic rings. The van der Waals surface area contributed by atoms with Crippen LogP contribution in [0.4, 0.5) is 0 Å². The van der Waals surface area contributed by atoms with E-state index in [0.717, 1.165) is 55.7 Å². The zero-order chi connectivity index (χ0) is 22.3. The van der Waals surface area contributed by atoms with E-state index in [1.165, 1.54) is 38.6 Å². The first-order valence-corrected chi connectivity index (χ1v) is 12.3. The number of rotatable bonds is 7. The predicted octanol–water partition coefficient (Wildman–Crippen LogP) is 4.12. The van der Waals surface area contributed by atoms with Crippen LogP contribution in [-0.4, -0.2) is 70.3 Å². The zero-order valence-electron chi connectivity index (χ0n) is 19.1. The SMILES string of the molecule is COc1ccc(-c2n[nH]c(=S)n2CCC(=O)N2CCCN(CC3CCCCC3)CC2)cc1. The van der Waals surface area contributed by atoms with E-state index in [-0.39, 0.29) is 5.91 Å². The van der Waals surface area contributed by atoms with Gasteiger partial charge in [-0.15, -0.1) is 0 Å². The molecule has 1 aliphatic carbocycles. The number of ether oxygens (including phenoxy) is 1. The third kappa shape index (κ3) is 5.78. The first kappa shape index (κ1) is 23.0. The summed E-state index contributed by atoms with van der Waals surface area (Å²) in [6.45, 7) is 5.50. The van der Waals surface area contributed by atoms with Gasteiger partial charge in [0.2, 0.25) is 5.91 Å². The molecule has 174 valence electrons. The van der Waals surface area contributed by atoms with Gasteiger partial charge in [0.1, 0.15) is 5.75 Å². The van der Waals surface area contributed by atoms with Crippen molar-refractivity contribution in [2.75, 3.05) is 39.8 Å². The van der Waals surface area contributed by atoms with Crippen LogP contribution in [0, 0.1) is 10.7 Å². The monoisotopic (exact) mass is 457 g/mol. The second-order valence-electron chi connectivity index (χ2n) is 9.02. The molecular weight excluding hydrogens is 422 g/mol. The van der Waals surface area contributed by atoms with Crippen LogP contribution in [-0.2, 0) is 11.3 Å². The average molecular weight is 458 g/mol. The number of aromatic amines is 1. The summed E-state index contributed by atoms with van der Waals surface area (Å²) in [5, 5.41) is 7.26. The Kier molecular flexibility index (Phi) is 7.97. The Bertz CT molecular complexity index is 933. The molecule has 7 nitrogen and oxygen atoms in total. The van der Waals surface area contributed by atoms with Crippen LogP contribution in [0.5, 0.6) is 5.75 Å². The second kappa shape index (κ2) is 11.1. The van der Waals surface area contributed by atoms with E-state index >= 15 is 0 Å². The number of nitrogens with zero attached hydrogens (tertiary/aromatic N) is 4. The molecule has 0 spiro atoms. The third-order valence-electron chi connectivity index (χ3n) is 6.84. The molecule has 1 N–H and O–H groups in total. The van der Waals surface area contributed by atoms with Gasteiger partial charge >= 0.3 is 0 Å². The lowest BCUT2D eigenvalue weighted by Gasteiger charge is -2.28. The van der Waals surface area contributed by atoms with Crippen LogP contribution in [0.3, 0.4) is 0 Å². The molecule has 1 aromatic heterocycles. The molecule has 0 atom stereocenters. The number of hydrogen-bond donors (Lipinski definition) is 1. The highest BCUT2D eigenvalue weighted by Crippen LogP contribution is 2.25. The van der Waals surface area contributed by atoms with Crippen LogP contribution in [0.15, 0.2) is 24.3 Å². The molecule has 1 saturated carbocycles. The maximum absolute atomic E-state index is 13.0. The third-order valence-corrected chi connectivity index (χ3v) is 7.15. The minimum atomic E-state index is 0.202. The Hall–Kier alpha value is -2.19. The summed E-state index contributed by atoms with van der Waals surface area (Å²) >= 11 is 5.43. The molecule has 1 saturated heterocycles. The van der Waals surface area contributed by atoms with E-state index < -0.39 is 0 Å². The van der Waals surface area contributed by atoms with E-state index in [0.29, 0.717) is 17.7 Å². The molecule has 8 heteroatoms. The van der Waals surface area contributed by atoms with Crippen molar-refractivity contribution >= 4 is 18.1 Å². The van der Waals surface area contributed by atoms with Gasteiger partial charge in [0.05, 0.1) is 7.11 Å². The van der Waals surface area contributed by atoms with E-state index in [1.807, 2.05) is 33.7 Å². The van der Waals surface area contributed by atoms with Gasteiger partial charge in [0, 0.05) is 44.7 Å². The quantitative estimate of drug-likeness (QED) is 0.634. The Balaban J connectivity index is 1.32.